The summed E-state index contributed by atoms with van der Waals surface area (Å²) in [4.78, 5) is 0.0869. The van der Waals surface area contributed by atoms with E-state index in [0.29, 0.717) is 13.0 Å². The van der Waals surface area contributed by atoms with Crippen molar-refractivity contribution in [2.75, 3.05) is 13.2 Å². The van der Waals surface area contributed by atoms with Crippen molar-refractivity contribution in [2.24, 2.45) is 0 Å². The van der Waals surface area contributed by atoms with Crippen molar-refractivity contribution in [3.8, 4) is 0 Å². The van der Waals surface area contributed by atoms with Crippen LogP contribution in [0.3, 0.4) is 0 Å². The molecule has 0 amide bonds. The topological polar surface area (TPSA) is 88.8 Å². The first-order chi connectivity index (χ1) is 9.03. The average molecular weight is 289 g/mol. The minimum Gasteiger partial charge on any atom is -0.462 e. The molecular weight excluding hydrogens is 270 g/mol. The van der Waals surface area contributed by atoms with E-state index >= 15 is 0 Å². The summed E-state index contributed by atoms with van der Waals surface area (Å²) >= 11 is 0. The van der Waals surface area contributed by atoms with Gasteiger partial charge in [0.2, 0.25) is 10.0 Å². The van der Waals surface area contributed by atoms with E-state index in [1.54, 1.807) is 6.92 Å². The Balaban J connectivity index is 1.95. The molecule has 6 nitrogen and oxygen atoms in total. The predicted octanol–water partition coefficient (Wildman–Crippen LogP) is 0.928. The van der Waals surface area contributed by atoms with Gasteiger partial charge in [-0.05, 0) is 26.2 Å². The number of furan rings is 1. The van der Waals surface area contributed by atoms with Gasteiger partial charge in [-0.3, -0.25) is 0 Å². The van der Waals surface area contributed by atoms with E-state index in [1.165, 1.54) is 6.07 Å². The fourth-order valence-electron chi connectivity index (χ4n) is 2.17. The van der Waals surface area contributed by atoms with Crippen LogP contribution in [0.1, 0.15) is 30.8 Å². The molecule has 2 heterocycles. The van der Waals surface area contributed by atoms with Gasteiger partial charge in [-0.2, -0.15) is 0 Å². The monoisotopic (exact) mass is 289 g/mol. The third kappa shape index (κ3) is 3.56. The van der Waals surface area contributed by atoms with E-state index in [9.17, 15) is 8.42 Å². The molecule has 0 aromatic carbocycles. The maximum absolute atomic E-state index is 12.1. The number of sulfonamides is 1. The molecule has 2 rings (SSSR count). The number of aliphatic hydroxyl groups is 1. The number of ether oxygens (including phenoxy) is 1. The largest absolute Gasteiger partial charge is 0.462 e. The average Bonchev–Trinajstić information content (AvgIpc) is 2.98. The first kappa shape index (κ1) is 14.5. The summed E-state index contributed by atoms with van der Waals surface area (Å²) in [6.07, 6.45) is 2.85. The summed E-state index contributed by atoms with van der Waals surface area (Å²) in [7, 11) is -3.58. The van der Waals surface area contributed by atoms with E-state index in [4.69, 9.17) is 14.3 Å². The second kappa shape index (κ2) is 6.04. The van der Waals surface area contributed by atoms with Gasteiger partial charge >= 0.3 is 0 Å². The minimum absolute atomic E-state index is 0.0869. The van der Waals surface area contributed by atoms with E-state index in [-0.39, 0.29) is 29.1 Å². The molecule has 1 aromatic heterocycles. The molecule has 19 heavy (non-hydrogen) atoms. The van der Waals surface area contributed by atoms with Gasteiger partial charge in [-0.15, -0.1) is 0 Å². The Labute approximate surface area is 112 Å². The van der Waals surface area contributed by atoms with Crippen LogP contribution in [-0.2, 0) is 21.4 Å². The Bertz CT molecular complexity index is 516. The molecule has 1 aromatic rings. The maximum atomic E-state index is 12.1. The number of hydrogen-bond donors (Lipinski definition) is 2. The van der Waals surface area contributed by atoms with Crippen molar-refractivity contribution in [1.29, 1.82) is 0 Å². The van der Waals surface area contributed by atoms with Crippen LogP contribution < -0.4 is 4.72 Å². The second-order valence-corrected chi connectivity index (χ2v) is 6.35. The number of hydrogen-bond acceptors (Lipinski definition) is 5. The lowest BCUT2D eigenvalue weighted by Gasteiger charge is -2.10. The Kier molecular flexibility index (Phi) is 4.62. The number of nitrogens with one attached hydrogen (secondary N) is 1. The van der Waals surface area contributed by atoms with Crippen molar-refractivity contribution >= 4 is 10.0 Å². The fraction of sp³-hybridized carbons (Fsp3) is 0.667. The lowest BCUT2D eigenvalue weighted by Crippen LogP contribution is -2.27. The summed E-state index contributed by atoms with van der Waals surface area (Å²) in [5, 5.41) is 8.94. The van der Waals surface area contributed by atoms with Crippen LogP contribution in [0.25, 0.3) is 0 Å². The lowest BCUT2D eigenvalue weighted by atomic mass is 10.2. The normalized spacial score (nSPS) is 20.0. The molecule has 1 aliphatic heterocycles. The molecule has 1 atom stereocenters. The Hall–Kier alpha value is -0.890. The Morgan fingerprint density at radius 1 is 1.53 bits per heavy atom. The summed E-state index contributed by atoms with van der Waals surface area (Å²) in [6, 6.07) is 1.35. The standard InChI is InChI=1S/C12H19NO5S/c1-9-12(7-11(8-14)18-9)19(15,16)13-5-4-10-3-2-6-17-10/h7,10,13-14H,2-6,8H2,1H3. The Morgan fingerprint density at radius 3 is 2.89 bits per heavy atom. The number of aryl methyl sites for hydroxylation is 1. The zero-order chi connectivity index (χ0) is 13.9. The van der Waals surface area contributed by atoms with Crippen molar-refractivity contribution in [2.45, 2.75) is 43.8 Å². The SMILES string of the molecule is Cc1oc(CO)cc1S(=O)(=O)NCCC1CCCO1. The lowest BCUT2D eigenvalue weighted by molar-refractivity contribution is 0.105. The number of rotatable bonds is 6. The summed E-state index contributed by atoms with van der Waals surface area (Å²) in [6.45, 7) is 2.35. The summed E-state index contributed by atoms with van der Waals surface area (Å²) in [5.41, 5.74) is 0. The molecule has 0 radical (unpaired) electrons. The van der Waals surface area contributed by atoms with Crippen molar-refractivity contribution < 1.29 is 22.7 Å². The van der Waals surface area contributed by atoms with Crippen molar-refractivity contribution in [3.63, 3.8) is 0 Å². The molecule has 0 bridgehead atoms. The molecule has 2 N–H and O–H groups in total. The maximum Gasteiger partial charge on any atom is 0.244 e. The van der Waals surface area contributed by atoms with Gasteiger partial charge in [0.1, 0.15) is 23.0 Å². The van der Waals surface area contributed by atoms with Crippen LogP contribution in [0.5, 0.6) is 0 Å². The molecule has 1 saturated heterocycles. The molecule has 0 saturated carbocycles. The summed E-state index contributed by atoms with van der Waals surface area (Å²) < 4.78 is 37.2. The van der Waals surface area contributed by atoms with Crippen LogP contribution in [0.2, 0.25) is 0 Å². The van der Waals surface area contributed by atoms with Gasteiger partial charge in [0.05, 0.1) is 6.10 Å². The zero-order valence-electron chi connectivity index (χ0n) is 10.9. The molecular formula is C12H19NO5S. The van der Waals surface area contributed by atoms with E-state index in [1.807, 2.05) is 0 Å². The van der Waals surface area contributed by atoms with Gasteiger partial charge in [-0.25, -0.2) is 13.1 Å². The number of aliphatic hydroxyl groups excluding tert-OH is 1. The molecule has 1 unspecified atom stereocenters. The molecule has 1 aliphatic rings. The molecule has 7 heteroatoms. The van der Waals surface area contributed by atoms with Gasteiger partial charge in [0.15, 0.2) is 0 Å². The van der Waals surface area contributed by atoms with Crippen LogP contribution >= 0.6 is 0 Å². The third-order valence-electron chi connectivity index (χ3n) is 3.15. The predicted molar refractivity (Wildman–Crippen MR) is 68.1 cm³/mol. The first-order valence-corrected chi connectivity index (χ1v) is 7.82. The molecule has 0 spiro atoms. The van der Waals surface area contributed by atoms with Crippen molar-refractivity contribution in [1.82, 2.24) is 4.72 Å². The first-order valence-electron chi connectivity index (χ1n) is 6.34. The van der Waals surface area contributed by atoms with Crippen LogP contribution in [0, 0.1) is 6.92 Å². The van der Waals surface area contributed by atoms with Gasteiger partial charge in [-0.1, -0.05) is 0 Å². The molecule has 108 valence electrons. The van der Waals surface area contributed by atoms with E-state index in [2.05, 4.69) is 4.72 Å². The van der Waals surface area contributed by atoms with Crippen LogP contribution in [0.15, 0.2) is 15.4 Å². The van der Waals surface area contributed by atoms with Gasteiger partial charge in [0.25, 0.3) is 0 Å². The summed E-state index contributed by atoms with van der Waals surface area (Å²) in [5.74, 6) is 0.533. The second-order valence-electron chi connectivity index (χ2n) is 4.61. The highest BCUT2D eigenvalue weighted by Gasteiger charge is 2.22. The van der Waals surface area contributed by atoms with Crippen LogP contribution in [0.4, 0.5) is 0 Å². The Morgan fingerprint density at radius 2 is 2.32 bits per heavy atom. The fourth-order valence-corrected chi connectivity index (χ4v) is 3.42. The highest BCUT2D eigenvalue weighted by molar-refractivity contribution is 7.89. The van der Waals surface area contributed by atoms with Crippen LogP contribution in [-0.4, -0.2) is 32.8 Å². The zero-order valence-corrected chi connectivity index (χ0v) is 11.7. The van der Waals surface area contributed by atoms with E-state index in [0.717, 1.165) is 19.4 Å². The smallest absolute Gasteiger partial charge is 0.244 e. The third-order valence-corrected chi connectivity index (χ3v) is 4.72. The van der Waals surface area contributed by atoms with Crippen molar-refractivity contribution in [3.05, 3.63) is 17.6 Å². The highest BCUT2D eigenvalue weighted by atomic mass is 32.2. The highest BCUT2D eigenvalue weighted by Crippen LogP contribution is 2.20. The van der Waals surface area contributed by atoms with E-state index < -0.39 is 10.0 Å². The van der Waals surface area contributed by atoms with Gasteiger partial charge in [0, 0.05) is 19.2 Å². The molecule has 0 aliphatic carbocycles. The molecule has 1 fully saturated rings. The van der Waals surface area contributed by atoms with Gasteiger partial charge < -0.3 is 14.3 Å². The quantitative estimate of drug-likeness (QED) is 0.813. The minimum atomic E-state index is -3.58.